The fraction of sp³-hybridized carbons (Fsp3) is 0.500. The molecule has 1 aliphatic heterocycles. The Morgan fingerprint density at radius 3 is 3.06 bits per heavy atom. The molecule has 0 aliphatic carbocycles. The summed E-state index contributed by atoms with van der Waals surface area (Å²) < 4.78 is 1.88. The lowest BCUT2D eigenvalue weighted by Gasteiger charge is -2.15. The van der Waals surface area contributed by atoms with Crippen LogP contribution in [0.5, 0.6) is 0 Å². The Balaban J connectivity index is 1.95. The van der Waals surface area contributed by atoms with Crippen LogP contribution in [0.15, 0.2) is 21.2 Å². The number of amides is 1. The van der Waals surface area contributed by atoms with Crippen molar-refractivity contribution in [2.45, 2.75) is 31.8 Å². The van der Waals surface area contributed by atoms with E-state index < -0.39 is 0 Å². The van der Waals surface area contributed by atoms with Crippen molar-refractivity contribution in [3.8, 4) is 0 Å². The summed E-state index contributed by atoms with van der Waals surface area (Å²) in [4.78, 5) is 16.1. The minimum absolute atomic E-state index is 0.0979. The van der Waals surface area contributed by atoms with E-state index in [-0.39, 0.29) is 11.9 Å². The van der Waals surface area contributed by atoms with Crippen molar-refractivity contribution in [1.29, 1.82) is 0 Å². The van der Waals surface area contributed by atoms with E-state index in [0.29, 0.717) is 6.54 Å². The zero-order valence-corrected chi connectivity index (χ0v) is 13.1. The highest BCUT2D eigenvalue weighted by atomic mass is 79.9. The van der Waals surface area contributed by atoms with E-state index in [1.54, 1.807) is 6.20 Å². The second-order valence-corrected chi connectivity index (χ2v) is 6.07. The molecule has 98 valence electrons. The summed E-state index contributed by atoms with van der Waals surface area (Å²) in [6.07, 6.45) is 4.78. The SMILES string of the molecule is O=C1NCCCCC1NCc1ncc(Br)cc1Br. The Bertz CT molecular complexity index is 439. The first-order valence-electron chi connectivity index (χ1n) is 5.98. The Kier molecular flexibility index (Phi) is 5.14. The second-order valence-electron chi connectivity index (χ2n) is 4.30. The highest BCUT2D eigenvalue weighted by Gasteiger charge is 2.20. The van der Waals surface area contributed by atoms with Crippen LogP contribution in [0.1, 0.15) is 25.0 Å². The Labute approximate surface area is 123 Å². The van der Waals surface area contributed by atoms with Crippen LogP contribution in [0.3, 0.4) is 0 Å². The van der Waals surface area contributed by atoms with Gasteiger partial charge >= 0.3 is 0 Å². The van der Waals surface area contributed by atoms with Gasteiger partial charge in [-0.3, -0.25) is 9.78 Å². The summed E-state index contributed by atoms with van der Waals surface area (Å²) in [6, 6.07) is 1.85. The molecular weight excluding hydrogens is 362 g/mol. The molecule has 0 radical (unpaired) electrons. The van der Waals surface area contributed by atoms with E-state index in [1.165, 1.54) is 0 Å². The zero-order valence-electron chi connectivity index (χ0n) is 9.88. The van der Waals surface area contributed by atoms with Gasteiger partial charge < -0.3 is 10.6 Å². The average Bonchev–Trinajstić information content (AvgIpc) is 2.53. The van der Waals surface area contributed by atoms with Crippen LogP contribution in [-0.2, 0) is 11.3 Å². The number of halogens is 2. The van der Waals surface area contributed by atoms with Crippen LogP contribution in [0.4, 0.5) is 0 Å². The molecule has 2 heterocycles. The largest absolute Gasteiger partial charge is 0.355 e. The van der Waals surface area contributed by atoms with E-state index in [2.05, 4.69) is 47.5 Å². The van der Waals surface area contributed by atoms with Crippen molar-refractivity contribution < 1.29 is 4.79 Å². The highest BCUT2D eigenvalue weighted by molar-refractivity contribution is 9.11. The normalized spacial score (nSPS) is 20.3. The van der Waals surface area contributed by atoms with Gasteiger partial charge in [0.15, 0.2) is 0 Å². The van der Waals surface area contributed by atoms with Gasteiger partial charge in [-0.25, -0.2) is 0 Å². The van der Waals surface area contributed by atoms with Crippen molar-refractivity contribution in [3.63, 3.8) is 0 Å². The van der Waals surface area contributed by atoms with Gasteiger partial charge in [-0.15, -0.1) is 0 Å². The maximum Gasteiger partial charge on any atom is 0.237 e. The number of aromatic nitrogens is 1. The molecule has 0 aromatic carbocycles. The maximum atomic E-state index is 11.8. The lowest BCUT2D eigenvalue weighted by atomic mass is 10.1. The van der Waals surface area contributed by atoms with Crippen LogP contribution in [-0.4, -0.2) is 23.5 Å². The van der Waals surface area contributed by atoms with Gasteiger partial charge in [0.2, 0.25) is 5.91 Å². The molecule has 0 bridgehead atoms. The number of carbonyl (C=O) groups excluding carboxylic acids is 1. The number of hydrogen-bond acceptors (Lipinski definition) is 3. The Morgan fingerprint density at radius 1 is 1.44 bits per heavy atom. The topological polar surface area (TPSA) is 54.0 Å². The molecule has 1 aromatic heterocycles. The minimum atomic E-state index is -0.107. The zero-order chi connectivity index (χ0) is 13.0. The molecule has 0 saturated carbocycles. The summed E-state index contributed by atoms with van der Waals surface area (Å²) in [5.41, 5.74) is 0.912. The number of rotatable bonds is 3. The van der Waals surface area contributed by atoms with Crippen LogP contribution >= 0.6 is 31.9 Å². The van der Waals surface area contributed by atoms with Gasteiger partial charge in [0, 0.05) is 28.2 Å². The quantitative estimate of drug-likeness (QED) is 0.851. The number of nitrogens with zero attached hydrogens (tertiary/aromatic N) is 1. The van der Waals surface area contributed by atoms with E-state index in [9.17, 15) is 4.79 Å². The molecule has 6 heteroatoms. The molecule has 1 saturated heterocycles. The second kappa shape index (κ2) is 6.63. The predicted octanol–water partition coefficient (Wildman–Crippen LogP) is 2.36. The fourth-order valence-electron chi connectivity index (χ4n) is 1.93. The predicted molar refractivity (Wildman–Crippen MR) is 77.1 cm³/mol. The molecule has 1 unspecified atom stereocenters. The molecule has 18 heavy (non-hydrogen) atoms. The van der Waals surface area contributed by atoms with Gasteiger partial charge in [-0.05, 0) is 57.2 Å². The molecule has 2 N–H and O–H groups in total. The smallest absolute Gasteiger partial charge is 0.237 e. The molecule has 1 amide bonds. The van der Waals surface area contributed by atoms with Crippen LogP contribution < -0.4 is 10.6 Å². The lowest BCUT2D eigenvalue weighted by Crippen LogP contribution is -2.42. The monoisotopic (exact) mass is 375 g/mol. The summed E-state index contributed by atoms with van der Waals surface area (Å²) >= 11 is 6.84. The summed E-state index contributed by atoms with van der Waals surface area (Å²) in [7, 11) is 0. The van der Waals surface area contributed by atoms with Crippen molar-refractivity contribution in [3.05, 3.63) is 26.9 Å². The van der Waals surface area contributed by atoms with Gasteiger partial charge in [0.25, 0.3) is 0 Å². The first-order valence-corrected chi connectivity index (χ1v) is 7.56. The average molecular weight is 377 g/mol. The molecule has 1 aromatic rings. The fourth-order valence-corrected chi connectivity index (χ4v) is 3.05. The van der Waals surface area contributed by atoms with E-state index in [1.807, 2.05) is 6.07 Å². The number of pyridine rings is 1. The minimum Gasteiger partial charge on any atom is -0.355 e. The summed E-state index contributed by atoms with van der Waals surface area (Å²) in [5.74, 6) is 0.0979. The van der Waals surface area contributed by atoms with E-state index in [4.69, 9.17) is 0 Å². The molecule has 1 atom stereocenters. The first kappa shape index (κ1) is 14.0. The summed E-state index contributed by atoms with van der Waals surface area (Å²) in [6.45, 7) is 1.38. The lowest BCUT2D eigenvalue weighted by molar-refractivity contribution is -0.122. The molecule has 0 spiro atoms. The van der Waals surface area contributed by atoms with Crippen molar-refractivity contribution >= 4 is 37.8 Å². The van der Waals surface area contributed by atoms with Crippen molar-refractivity contribution in [2.75, 3.05) is 6.54 Å². The number of carbonyl (C=O) groups is 1. The third kappa shape index (κ3) is 3.76. The van der Waals surface area contributed by atoms with Crippen LogP contribution in [0.2, 0.25) is 0 Å². The number of hydrogen-bond donors (Lipinski definition) is 2. The molecule has 4 nitrogen and oxygen atoms in total. The van der Waals surface area contributed by atoms with Crippen molar-refractivity contribution in [1.82, 2.24) is 15.6 Å². The Hall–Kier alpha value is -0.460. The molecular formula is C12H15Br2N3O. The molecule has 2 rings (SSSR count). The van der Waals surface area contributed by atoms with Crippen LogP contribution in [0.25, 0.3) is 0 Å². The standard InChI is InChI=1S/C12H15Br2N3O/c13-8-5-9(14)11(16-6-8)7-17-10-3-1-2-4-15-12(10)18/h5-6,10,17H,1-4,7H2,(H,15,18). The maximum absolute atomic E-state index is 11.8. The molecule has 1 fully saturated rings. The first-order chi connectivity index (χ1) is 8.66. The van der Waals surface area contributed by atoms with Gasteiger partial charge in [-0.2, -0.15) is 0 Å². The third-order valence-corrected chi connectivity index (χ3v) is 4.06. The summed E-state index contributed by atoms with van der Waals surface area (Å²) in [5, 5.41) is 6.18. The van der Waals surface area contributed by atoms with Crippen LogP contribution in [0, 0.1) is 0 Å². The van der Waals surface area contributed by atoms with Crippen molar-refractivity contribution in [2.24, 2.45) is 0 Å². The van der Waals surface area contributed by atoms with Gasteiger partial charge in [-0.1, -0.05) is 0 Å². The van der Waals surface area contributed by atoms with Gasteiger partial charge in [0.05, 0.1) is 11.7 Å². The van der Waals surface area contributed by atoms with Gasteiger partial charge in [0.1, 0.15) is 0 Å². The highest BCUT2D eigenvalue weighted by Crippen LogP contribution is 2.19. The van der Waals surface area contributed by atoms with E-state index in [0.717, 1.165) is 40.4 Å². The molecule has 1 aliphatic rings. The third-order valence-electron chi connectivity index (χ3n) is 2.94. The Morgan fingerprint density at radius 2 is 2.28 bits per heavy atom. The number of nitrogens with one attached hydrogen (secondary N) is 2. The van der Waals surface area contributed by atoms with E-state index >= 15 is 0 Å².